The molecule has 0 radical (unpaired) electrons. The van der Waals surface area contributed by atoms with Gasteiger partial charge in [-0.2, -0.15) is 5.10 Å². The molecule has 2 atom stereocenters. The Hall–Kier alpha value is -3.22. The first kappa shape index (κ1) is 34.6. The van der Waals surface area contributed by atoms with Crippen molar-refractivity contribution in [3.63, 3.8) is 0 Å². The molecule has 0 aromatic carbocycles. The van der Waals surface area contributed by atoms with Crippen LogP contribution < -0.4 is 10.2 Å². The van der Waals surface area contributed by atoms with Crippen molar-refractivity contribution in [2.45, 2.75) is 104 Å². The predicted molar refractivity (Wildman–Crippen MR) is 183 cm³/mol. The maximum Gasteiger partial charge on any atom is 0.410 e. The van der Waals surface area contributed by atoms with E-state index in [1.807, 2.05) is 63.9 Å². The van der Waals surface area contributed by atoms with Crippen molar-refractivity contribution >= 4 is 43.2 Å². The number of piperazine rings is 1. The maximum atomic E-state index is 12.8. The monoisotopic (exact) mass is 656 g/mol. The second-order valence-corrected chi connectivity index (χ2v) is 20.3. The van der Waals surface area contributed by atoms with E-state index >= 15 is 0 Å². The van der Waals surface area contributed by atoms with Gasteiger partial charge in [0.25, 0.3) is 0 Å². The largest absolute Gasteiger partial charge is 0.444 e. The van der Waals surface area contributed by atoms with Gasteiger partial charge in [0.05, 0.1) is 40.9 Å². The van der Waals surface area contributed by atoms with E-state index in [4.69, 9.17) is 31.2 Å². The van der Waals surface area contributed by atoms with Crippen molar-refractivity contribution in [1.82, 2.24) is 29.6 Å². The first-order chi connectivity index (χ1) is 21.0. The van der Waals surface area contributed by atoms with Crippen LogP contribution in [0.4, 0.5) is 22.2 Å². The van der Waals surface area contributed by atoms with E-state index in [1.54, 1.807) is 10.9 Å². The van der Waals surface area contributed by atoms with E-state index in [2.05, 4.69) is 53.7 Å². The van der Waals surface area contributed by atoms with Crippen LogP contribution >= 0.6 is 11.6 Å². The number of amides is 1. The molecular weight excluding hydrogens is 608 g/mol. The first-order valence-electron chi connectivity index (χ1n) is 15.7. The van der Waals surface area contributed by atoms with E-state index in [0.29, 0.717) is 49.0 Å². The Kier molecular flexibility index (Phi) is 10.8. The third kappa shape index (κ3) is 9.17. The summed E-state index contributed by atoms with van der Waals surface area (Å²) in [7, 11) is -1.19. The van der Waals surface area contributed by atoms with Gasteiger partial charge in [-0.3, -0.25) is 4.90 Å². The summed E-state index contributed by atoms with van der Waals surface area (Å²) in [5.41, 5.74) is 2.76. The number of hydrogen-bond donors (Lipinski definition) is 1. The number of nitrogens with one attached hydrogen (secondary N) is 1. The molecule has 4 heterocycles. The average Bonchev–Trinajstić information content (AvgIpc) is 3.26. The van der Waals surface area contributed by atoms with Gasteiger partial charge in [-0.25, -0.2) is 24.4 Å². The molecule has 13 heteroatoms. The van der Waals surface area contributed by atoms with Crippen molar-refractivity contribution in [3.05, 3.63) is 41.4 Å². The Morgan fingerprint density at radius 1 is 1.11 bits per heavy atom. The van der Waals surface area contributed by atoms with Crippen molar-refractivity contribution in [3.8, 4) is 11.3 Å². The van der Waals surface area contributed by atoms with Gasteiger partial charge in [-0.05, 0) is 64.8 Å². The summed E-state index contributed by atoms with van der Waals surface area (Å²) in [6.45, 7) is 23.2. The van der Waals surface area contributed by atoms with Gasteiger partial charge in [-0.15, -0.1) is 0 Å². The molecule has 3 aromatic heterocycles. The molecule has 0 aliphatic carbocycles. The maximum absolute atomic E-state index is 12.8. The smallest absolute Gasteiger partial charge is 0.410 e. The molecule has 1 saturated heterocycles. The Balaban J connectivity index is 1.44. The van der Waals surface area contributed by atoms with Crippen molar-refractivity contribution < 1.29 is 14.3 Å². The van der Waals surface area contributed by atoms with Crippen LogP contribution in [-0.4, -0.2) is 81.2 Å². The van der Waals surface area contributed by atoms with Crippen LogP contribution in [0.3, 0.4) is 0 Å². The van der Waals surface area contributed by atoms with Crippen LogP contribution in [0.15, 0.2) is 30.6 Å². The number of anilines is 3. The molecule has 1 fully saturated rings. The lowest BCUT2D eigenvalue weighted by molar-refractivity contribution is 0.00565. The van der Waals surface area contributed by atoms with Gasteiger partial charge in [0.1, 0.15) is 23.3 Å². The quantitative estimate of drug-likeness (QED) is 0.176. The number of carbonyl (C=O) groups excluding carboxylic acids is 1. The number of pyridine rings is 1. The summed E-state index contributed by atoms with van der Waals surface area (Å²) in [6, 6.07) is 6.81. The first-order valence-corrected chi connectivity index (χ1v) is 19.8. The van der Waals surface area contributed by atoms with Gasteiger partial charge in [0.15, 0.2) is 0 Å². The molecule has 246 valence electrons. The van der Waals surface area contributed by atoms with Crippen molar-refractivity contribution in [1.29, 1.82) is 0 Å². The van der Waals surface area contributed by atoms with Gasteiger partial charge in [0, 0.05) is 34.0 Å². The summed E-state index contributed by atoms with van der Waals surface area (Å²) in [5.74, 6) is 1.16. The van der Waals surface area contributed by atoms with Crippen LogP contribution in [0.5, 0.6) is 0 Å². The third-order valence-electron chi connectivity index (χ3n) is 7.46. The number of hydrogen-bond acceptors (Lipinski definition) is 9. The molecule has 0 saturated carbocycles. The number of halogens is 1. The molecule has 0 bridgehead atoms. The SMILES string of the molecule is CC(C)c1nn(COCC[Si](C)(C)C)c(Cl)c1-c1ccnc(Nc2ccc(N3CC(C)N(C(=O)OC(C)(C)C)C(C)C3)cn2)n1. The van der Waals surface area contributed by atoms with Gasteiger partial charge in [0.2, 0.25) is 5.95 Å². The fourth-order valence-electron chi connectivity index (χ4n) is 5.24. The minimum Gasteiger partial charge on any atom is -0.444 e. The second kappa shape index (κ2) is 14.0. The summed E-state index contributed by atoms with van der Waals surface area (Å²) in [5, 5.41) is 8.49. The van der Waals surface area contributed by atoms with Crippen molar-refractivity contribution in [2.75, 3.05) is 29.9 Å². The van der Waals surface area contributed by atoms with Crippen LogP contribution in [-0.2, 0) is 16.2 Å². The summed E-state index contributed by atoms with van der Waals surface area (Å²) in [6.07, 6.45) is 3.25. The van der Waals surface area contributed by atoms with E-state index in [-0.39, 0.29) is 24.1 Å². The fraction of sp³-hybridized carbons (Fsp3) is 0.594. The van der Waals surface area contributed by atoms with Crippen LogP contribution in [0.1, 0.15) is 60.1 Å². The highest BCUT2D eigenvalue weighted by molar-refractivity contribution is 6.76. The predicted octanol–water partition coefficient (Wildman–Crippen LogP) is 7.40. The number of aromatic nitrogens is 5. The van der Waals surface area contributed by atoms with Gasteiger partial charge in [-0.1, -0.05) is 45.1 Å². The molecule has 4 rings (SSSR count). The summed E-state index contributed by atoms with van der Waals surface area (Å²) in [4.78, 5) is 30.7. The van der Waals surface area contributed by atoms with E-state index in [9.17, 15) is 4.79 Å². The lowest BCUT2D eigenvalue weighted by atomic mass is 10.0. The number of carbonyl (C=O) groups is 1. The zero-order valence-corrected chi connectivity index (χ0v) is 30.1. The highest BCUT2D eigenvalue weighted by Crippen LogP contribution is 2.35. The van der Waals surface area contributed by atoms with Crippen molar-refractivity contribution in [2.24, 2.45) is 0 Å². The summed E-state index contributed by atoms with van der Waals surface area (Å²) >= 11 is 6.86. The molecule has 11 nitrogen and oxygen atoms in total. The molecule has 0 spiro atoms. The van der Waals surface area contributed by atoms with E-state index in [0.717, 1.165) is 23.0 Å². The molecule has 1 aliphatic rings. The number of ether oxygens (including phenoxy) is 2. The standard InChI is InChI=1S/C32H49ClN8O3Si/c1-21(2)28-27(29(33)40(38-28)20-43-15-16-45(8,9)10)25-13-14-34-30(36-25)37-26-12-11-24(17-35-26)39-18-22(3)41(23(4)19-39)31(42)44-32(5,6)7/h11-14,17,21-23H,15-16,18-20H2,1-10H3,(H,34,35,36,37). The lowest BCUT2D eigenvalue weighted by Crippen LogP contribution is -2.59. The third-order valence-corrected chi connectivity index (χ3v) is 9.55. The molecule has 45 heavy (non-hydrogen) atoms. The summed E-state index contributed by atoms with van der Waals surface area (Å²) < 4.78 is 13.3. The zero-order valence-electron chi connectivity index (χ0n) is 28.4. The topological polar surface area (TPSA) is 111 Å². The zero-order chi connectivity index (χ0) is 33.1. The van der Waals surface area contributed by atoms with Crippen LogP contribution in [0.2, 0.25) is 30.8 Å². The van der Waals surface area contributed by atoms with Gasteiger partial charge >= 0.3 is 6.09 Å². The van der Waals surface area contributed by atoms with Crippen LogP contribution in [0.25, 0.3) is 11.3 Å². The van der Waals surface area contributed by atoms with E-state index in [1.165, 1.54) is 0 Å². The minimum absolute atomic E-state index is 0.0128. The van der Waals surface area contributed by atoms with E-state index < -0.39 is 13.7 Å². The number of nitrogens with zero attached hydrogens (tertiary/aromatic N) is 7. The Morgan fingerprint density at radius 2 is 1.80 bits per heavy atom. The molecule has 3 aromatic rings. The van der Waals surface area contributed by atoms with Gasteiger partial charge < -0.3 is 19.7 Å². The molecule has 2 unspecified atom stereocenters. The fourth-order valence-corrected chi connectivity index (χ4v) is 6.28. The highest BCUT2D eigenvalue weighted by atomic mass is 35.5. The lowest BCUT2D eigenvalue weighted by Gasteiger charge is -2.45. The molecule has 1 amide bonds. The Morgan fingerprint density at radius 3 is 2.38 bits per heavy atom. The molecule has 1 aliphatic heterocycles. The Labute approximate surface area is 273 Å². The van der Waals surface area contributed by atoms with Crippen LogP contribution in [0, 0.1) is 0 Å². The second-order valence-electron chi connectivity index (χ2n) is 14.3. The molecule has 1 N–H and O–H groups in total. The molecular formula is C32H49ClN8O3Si. The highest BCUT2D eigenvalue weighted by Gasteiger charge is 2.35. The minimum atomic E-state index is -1.19. The average molecular weight is 657 g/mol. The number of rotatable bonds is 10. The Bertz CT molecular complexity index is 1440. The normalized spacial score (nSPS) is 17.6.